The SMILES string of the molecule is CCCCc1nc(C)c(Cc2nc(Cc3ccc(C(F)(F)F)cc3)no2)c(=O)n1Cc1ccc(-c2ccccc2-c2noc(=O)[nH]2)cc1. The molecule has 48 heavy (non-hydrogen) atoms. The summed E-state index contributed by atoms with van der Waals surface area (Å²) in [5, 5.41) is 7.81. The Bertz CT molecular complexity index is 2150. The number of aromatic amines is 1. The predicted octanol–water partition coefficient (Wildman–Crippen LogP) is 6.54. The third-order valence-electron chi connectivity index (χ3n) is 8.01. The Morgan fingerprint density at radius 3 is 2.21 bits per heavy atom. The molecule has 3 heterocycles. The van der Waals surface area contributed by atoms with Gasteiger partial charge in [0.2, 0.25) is 5.89 Å². The van der Waals surface area contributed by atoms with Gasteiger partial charge in [0, 0.05) is 29.7 Å². The normalized spacial score (nSPS) is 11.7. The van der Waals surface area contributed by atoms with Crippen LogP contribution in [0.5, 0.6) is 0 Å². The van der Waals surface area contributed by atoms with E-state index in [1.807, 2.05) is 48.5 Å². The number of alkyl halides is 3. The van der Waals surface area contributed by atoms with Crippen LogP contribution in [0.25, 0.3) is 22.5 Å². The lowest BCUT2D eigenvalue weighted by Crippen LogP contribution is -2.30. The number of nitrogens with one attached hydrogen (secondary N) is 1. The maximum absolute atomic E-state index is 14.0. The summed E-state index contributed by atoms with van der Waals surface area (Å²) in [6.45, 7) is 4.15. The average molecular weight is 657 g/mol. The van der Waals surface area contributed by atoms with Crippen molar-refractivity contribution < 1.29 is 22.2 Å². The minimum atomic E-state index is -4.42. The van der Waals surface area contributed by atoms with E-state index in [4.69, 9.17) is 14.0 Å². The van der Waals surface area contributed by atoms with Crippen molar-refractivity contribution in [1.29, 1.82) is 0 Å². The minimum Gasteiger partial charge on any atom is -0.339 e. The number of hydrogen-bond donors (Lipinski definition) is 1. The van der Waals surface area contributed by atoms with E-state index in [-0.39, 0.29) is 24.3 Å². The van der Waals surface area contributed by atoms with Crippen LogP contribution >= 0.6 is 0 Å². The van der Waals surface area contributed by atoms with E-state index in [0.29, 0.717) is 52.8 Å². The number of unbranched alkanes of at least 4 members (excludes halogenated alkanes) is 1. The predicted molar refractivity (Wildman–Crippen MR) is 170 cm³/mol. The van der Waals surface area contributed by atoms with Crippen molar-refractivity contribution in [2.24, 2.45) is 0 Å². The zero-order valence-electron chi connectivity index (χ0n) is 26.2. The third-order valence-corrected chi connectivity index (χ3v) is 8.01. The highest BCUT2D eigenvalue weighted by Gasteiger charge is 2.30. The highest BCUT2D eigenvalue weighted by Crippen LogP contribution is 2.31. The summed E-state index contributed by atoms with van der Waals surface area (Å²) in [6.07, 6.45) is -1.75. The molecule has 0 saturated heterocycles. The molecular formula is C35H31F3N6O4. The maximum Gasteiger partial charge on any atom is 0.439 e. The first kappa shape index (κ1) is 32.4. The number of H-pyrrole nitrogens is 1. The van der Waals surface area contributed by atoms with Gasteiger partial charge in [-0.25, -0.2) is 9.78 Å². The van der Waals surface area contributed by atoms with Crippen molar-refractivity contribution in [3.05, 3.63) is 139 Å². The van der Waals surface area contributed by atoms with E-state index in [0.717, 1.165) is 41.7 Å². The molecule has 0 aliphatic rings. The lowest BCUT2D eigenvalue weighted by molar-refractivity contribution is -0.137. The summed E-state index contributed by atoms with van der Waals surface area (Å²) in [6, 6.07) is 20.1. The van der Waals surface area contributed by atoms with Gasteiger partial charge < -0.3 is 4.52 Å². The fourth-order valence-electron chi connectivity index (χ4n) is 5.49. The molecule has 0 spiro atoms. The molecule has 1 N–H and O–H groups in total. The zero-order chi connectivity index (χ0) is 33.8. The summed E-state index contributed by atoms with van der Waals surface area (Å²) >= 11 is 0. The smallest absolute Gasteiger partial charge is 0.339 e. The van der Waals surface area contributed by atoms with Crippen LogP contribution in [0.3, 0.4) is 0 Å². The van der Waals surface area contributed by atoms with Gasteiger partial charge in [-0.05, 0) is 47.7 Å². The summed E-state index contributed by atoms with van der Waals surface area (Å²) in [4.78, 5) is 37.3. The van der Waals surface area contributed by atoms with Gasteiger partial charge in [0.15, 0.2) is 11.6 Å². The van der Waals surface area contributed by atoms with E-state index in [1.54, 1.807) is 11.5 Å². The number of hydrogen-bond acceptors (Lipinski definition) is 8. The van der Waals surface area contributed by atoms with Crippen LogP contribution in [0.2, 0.25) is 0 Å². The molecule has 3 aromatic carbocycles. The van der Waals surface area contributed by atoms with Crippen LogP contribution in [-0.4, -0.2) is 29.8 Å². The van der Waals surface area contributed by atoms with Gasteiger partial charge in [-0.15, -0.1) is 0 Å². The topological polar surface area (TPSA) is 133 Å². The minimum absolute atomic E-state index is 0.0611. The molecule has 246 valence electrons. The second-order valence-electron chi connectivity index (χ2n) is 11.4. The van der Waals surface area contributed by atoms with Crippen LogP contribution in [0, 0.1) is 6.92 Å². The second-order valence-corrected chi connectivity index (χ2v) is 11.4. The maximum atomic E-state index is 14.0. The van der Waals surface area contributed by atoms with Gasteiger partial charge in [0.25, 0.3) is 5.56 Å². The Labute approximate surface area is 272 Å². The van der Waals surface area contributed by atoms with E-state index < -0.39 is 17.5 Å². The molecule has 0 bridgehead atoms. The molecule has 0 atom stereocenters. The molecule has 0 aliphatic heterocycles. The number of rotatable bonds is 11. The quantitative estimate of drug-likeness (QED) is 0.166. The molecular weight excluding hydrogens is 625 g/mol. The van der Waals surface area contributed by atoms with Crippen LogP contribution in [0.15, 0.2) is 91.4 Å². The van der Waals surface area contributed by atoms with Gasteiger partial charge in [0.05, 0.1) is 18.5 Å². The van der Waals surface area contributed by atoms with Gasteiger partial charge in [-0.3, -0.25) is 18.9 Å². The van der Waals surface area contributed by atoms with Crippen molar-refractivity contribution in [2.75, 3.05) is 0 Å². The zero-order valence-corrected chi connectivity index (χ0v) is 26.2. The highest BCUT2D eigenvalue weighted by atomic mass is 19.4. The van der Waals surface area contributed by atoms with Crippen molar-refractivity contribution in [1.82, 2.24) is 29.8 Å². The molecule has 0 saturated carbocycles. The molecule has 0 fully saturated rings. The Hall–Kier alpha value is -5.59. The Morgan fingerprint density at radius 2 is 1.54 bits per heavy atom. The van der Waals surface area contributed by atoms with Gasteiger partial charge in [0.1, 0.15) is 5.82 Å². The van der Waals surface area contributed by atoms with E-state index in [2.05, 4.69) is 27.2 Å². The summed E-state index contributed by atoms with van der Waals surface area (Å²) in [5.74, 6) is 0.886. The fraction of sp³-hybridized carbons (Fsp3) is 0.257. The van der Waals surface area contributed by atoms with Crippen LogP contribution in [-0.2, 0) is 32.0 Å². The van der Waals surface area contributed by atoms with Crippen LogP contribution < -0.4 is 11.3 Å². The number of aromatic nitrogens is 6. The standard InChI is InChI=1S/C35H31F3N6O4/c1-3-4-9-30-39-21(2)28(19-31-40-29(42-47-31)18-22-12-16-25(17-13-22)35(36,37)38)33(45)44(30)20-23-10-14-24(15-11-23)26-7-5-6-8-27(26)32-41-34(46)48-43-32/h5-8,10-17H,3-4,9,18-20H2,1-2H3,(H,41,43,46). The number of nitrogens with zero attached hydrogens (tertiary/aromatic N) is 5. The molecule has 6 aromatic rings. The molecule has 0 amide bonds. The number of halogens is 3. The van der Waals surface area contributed by atoms with E-state index >= 15 is 0 Å². The Kier molecular flexibility index (Phi) is 9.19. The molecule has 3 aromatic heterocycles. The Balaban J connectivity index is 1.24. The molecule has 10 nitrogen and oxygen atoms in total. The monoisotopic (exact) mass is 656 g/mol. The first-order valence-corrected chi connectivity index (χ1v) is 15.4. The number of benzene rings is 3. The van der Waals surface area contributed by atoms with E-state index in [1.165, 1.54) is 12.1 Å². The van der Waals surface area contributed by atoms with Crippen molar-refractivity contribution in [3.63, 3.8) is 0 Å². The van der Waals surface area contributed by atoms with E-state index in [9.17, 15) is 22.8 Å². The highest BCUT2D eigenvalue weighted by molar-refractivity contribution is 5.80. The van der Waals surface area contributed by atoms with Crippen molar-refractivity contribution in [2.45, 2.75) is 58.7 Å². The molecule has 13 heteroatoms. The van der Waals surface area contributed by atoms with Crippen molar-refractivity contribution >= 4 is 0 Å². The summed E-state index contributed by atoms with van der Waals surface area (Å²) < 4.78 is 50.6. The first-order valence-electron chi connectivity index (χ1n) is 15.4. The Morgan fingerprint density at radius 1 is 0.833 bits per heavy atom. The average Bonchev–Trinajstić information content (AvgIpc) is 3.72. The first-order chi connectivity index (χ1) is 23.1. The summed E-state index contributed by atoms with van der Waals surface area (Å²) in [5.41, 5.74) is 4.00. The second kappa shape index (κ2) is 13.6. The lowest BCUT2D eigenvalue weighted by atomic mass is 9.98. The number of aryl methyl sites for hydroxylation is 2. The van der Waals surface area contributed by atoms with Crippen LogP contribution in [0.4, 0.5) is 13.2 Å². The third kappa shape index (κ3) is 7.19. The molecule has 0 unspecified atom stereocenters. The van der Waals surface area contributed by atoms with Gasteiger partial charge in [-0.1, -0.05) is 84.3 Å². The largest absolute Gasteiger partial charge is 0.439 e. The van der Waals surface area contributed by atoms with Crippen LogP contribution in [0.1, 0.15) is 65.3 Å². The van der Waals surface area contributed by atoms with Gasteiger partial charge >= 0.3 is 11.9 Å². The fourth-order valence-corrected chi connectivity index (χ4v) is 5.49. The summed E-state index contributed by atoms with van der Waals surface area (Å²) in [7, 11) is 0. The molecule has 6 rings (SSSR count). The lowest BCUT2D eigenvalue weighted by Gasteiger charge is -2.16. The van der Waals surface area contributed by atoms with Gasteiger partial charge in [-0.2, -0.15) is 18.2 Å². The molecule has 0 aliphatic carbocycles. The molecule has 0 radical (unpaired) electrons. The van der Waals surface area contributed by atoms with Crippen molar-refractivity contribution in [3.8, 4) is 22.5 Å².